The Labute approximate surface area is 375 Å². The smallest absolute Gasteiger partial charge is 0.315 e. The first-order chi connectivity index (χ1) is 30.6. The molecule has 4 atom stereocenters. The Balaban J connectivity index is 0.850. The lowest BCUT2D eigenvalue weighted by Gasteiger charge is -2.37. The molecule has 342 valence electrons. The molecule has 0 unspecified atom stereocenters. The number of anilines is 1. The maximum absolute atomic E-state index is 14.4. The molecule has 16 nitrogen and oxygen atoms in total. The van der Waals surface area contributed by atoms with Gasteiger partial charge in [-0.1, -0.05) is 36.8 Å². The second-order valence-corrected chi connectivity index (χ2v) is 18.6. The van der Waals surface area contributed by atoms with E-state index in [0.717, 1.165) is 79.9 Å². The molecule has 5 N–H and O–H groups in total. The molecule has 1 aromatic heterocycles. The molecule has 5 amide bonds. The third-order valence-electron chi connectivity index (χ3n) is 12.2. The number of piperazine rings is 1. The minimum atomic E-state index is -1.02. The van der Waals surface area contributed by atoms with Gasteiger partial charge in [0.2, 0.25) is 11.8 Å². The molecular formula is C46H65N9O7S. The summed E-state index contributed by atoms with van der Waals surface area (Å²) in [5, 5.41) is 19.6. The molecule has 4 aliphatic heterocycles. The summed E-state index contributed by atoms with van der Waals surface area (Å²) in [4.78, 5) is 57.7. The summed E-state index contributed by atoms with van der Waals surface area (Å²) < 4.78 is 18.0. The zero-order chi connectivity index (χ0) is 44.0. The molecule has 0 spiro atoms. The van der Waals surface area contributed by atoms with E-state index in [1.165, 1.54) is 0 Å². The number of aromatic amines is 1. The molecule has 0 radical (unpaired) electrons. The topological polar surface area (TPSA) is 182 Å². The third-order valence-corrected chi connectivity index (χ3v) is 13.8. The number of benzene rings is 2. The van der Waals surface area contributed by atoms with Gasteiger partial charge in [-0.15, -0.1) is 0 Å². The average Bonchev–Trinajstić information content (AvgIpc) is 4.06. The Morgan fingerprint density at radius 3 is 2.57 bits per heavy atom. The molecule has 4 aliphatic rings. The lowest BCUT2D eigenvalue weighted by Crippen LogP contribution is -2.54. The van der Waals surface area contributed by atoms with E-state index in [-0.39, 0.29) is 41.8 Å². The van der Waals surface area contributed by atoms with Crippen LogP contribution in [0, 0.1) is 5.92 Å². The van der Waals surface area contributed by atoms with Crippen molar-refractivity contribution >= 4 is 41.2 Å². The molecule has 5 heterocycles. The van der Waals surface area contributed by atoms with Gasteiger partial charge in [-0.3, -0.25) is 19.5 Å². The predicted octanol–water partition coefficient (Wildman–Crippen LogP) is 3.79. The highest BCUT2D eigenvalue weighted by atomic mass is 32.2. The van der Waals surface area contributed by atoms with Crippen molar-refractivity contribution in [1.29, 1.82) is 0 Å². The highest BCUT2D eigenvalue weighted by Gasteiger charge is 2.42. The van der Waals surface area contributed by atoms with E-state index in [2.05, 4.69) is 60.6 Å². The quantitative estimate of drug-likeness (QED) is 0.0732. The first-order valence-corrected chi connectivity index (χ1v) is 23.7. The average molecular weight is 888 g/mol. The highest BCUT2D eigenvalue weighted by Crippen LogP contribution is 2.33. The second-order valence-electron chi connectivity index (χ2n) is 17.3. The maximum atomic E-state index is 14.4. The number of nitrogens with zero attached hydrogens (tertiary/aromatic N) is 4. The number of hydrogen-bond acceptors (Lipinski definition) is 11. The van der Waals surface area contributed by atoms with E-state index in [4.69, 9.17) is 14.2 Å². The fraction of sp³-hybridized carbons (Fsp3) is 0.587. The molecule has 2 aromatic carbocycles. The van der Waals surface area contributed by atoms with Crippen LogP contribution in [-0.2, 0) is 30.4 Å². The van der Waals surface area contributed by atoms with Crippen LogP contribution in [-0.4, -0.2) is 151 Å². The summed E-state index contributed by atoms with van der Waals surface area (Å²) in [6, 6.07) is 16.4. The second kappa shape index (κ2) is 22.7. The number of urea groups is 1. The van der Waals surface area contributed by atoms with Crippen LogP contribution >= 0.6 is 11.8 Å². The van der Waals surface area contributed by atoms with Crippen molar-refractivity contribution in [2.24, 2.45) is 5.92 Å². The van der Waals surface area contributed by atoms with Crippen molar-refractivity contribution in [3.8, 4) is 16.9 Å². The zero-order valence-corrected chi connectivity index (χ0v) is 37.6. The van der Waals surface area contributed by atoms with Crippen LogP contribution in [0.25, 0.3) is 11.1 Å². The normalized spacial score (nSPS) is 21.1. The molecule has 0 aliphatic carbocycles. The number of hydrogen-bond donors (Lipinski definition) is 5. The summed E-state index contributed by atoms with van der Waals surface area (Å²) in [5.41, 5.74) is 3.02. The highest BCUT2D eigenvalue weighted by molar-refractivity contribution is 8.00. The molecule has 7 rings (SSSR count). The van der Waals surface area contributed by atoms with Crippen LogP contribution in [0.2, 0.25) is 0 Å². The fourth-order valence-corrected chi connectivity index (χ4v) is 10.4. The largest absolute Gasteiger partial charge is 0.478 e. The molecule has 3 aromatic rings. The zero-order valence-electron chi connectivity index (χ0n) is 36.8. The van der Waals surface area contributed by atoms with Gasteiger partial charge in [0.25, 0.3) is 5.91 Å². The standard InChI is InChI=1S/C46H65N9O7S/c1-46(2,44(58)53-20-16-47-17-21-53)62-38-9-5-8-37(27-38)54-19-6-7-35(31-54)43(57)55(30-33-12-14-34(15-13-33)36-28-49-50-29-36)22-24-61-26-25-60-23-18-48-41(56)11-4-3-10-40-42-39(32-63-40)51-45(59)52-42/h5,8-9,12-15,27-29,35,39-40,42,47H,3-4,6-7,10-11,16-26,30-32H2,1-2H3,(H,48,56)(H,49,50)(H2,51,52,59)/t35-,39+,40+,42+/m1/s1. The van der Waals surface area contributed by atoms with Gasteiger partial charge in [0.05, 0.1) is 50.6 Å². The van der Waals surface area contributed by atoms with Crippen LogP contribution in [0.1, 0.15) is 57.9 Å². The van der Waals surface area contributed by atoms with E-state index >= 15 is 0 Å². The van der Waals surface area contributed by atoms with Crippen molar-refractivity contribution in [2.75, 3.05) is 89.4 Å². The number of thioether (sulfide) groups is 1. The Bertz CT molecular complexity index is 1950. The van der Waals surface area contributed by atoms with Crippen molar-refractivity contribution in [3.63, 3.8) is 0 Å². The minimum Gasteiger partial charge on any atom is -0.478 e. The monoisotopic (exact) mass is 887 g/mol. The Morgan fingerprint density at radius 1 is 0.968 bits per heavy atom. The Hall–Kier alpha value is -4.84. The number of nitrogens with one attached hydrogen (secondary N) is 5. The molecule has 0 bridgehead atoms. The van der Waals surface area contributed by atoms with E-state index in [9.17, 15) is 19.2 Å². The first kappa shape index (κ1) is 46.2. The van der Waals surface area contributed by atoms with Gasteiger partial charge in [0.1, 0.15) is 5.75 Å². The number of amides is 5. The molecule has 0 saturated carbocycles. The third kappa shape index (κ3) is 13.1. The Morgan fingerprint density at radius 2 is 1.78 bits per heavy atom. The predicted molar refractivity (Wildman–Crippen MR) is 244 cm³/mol. The molecule has 4 saturated heterocycles. The number of unbranched alkanes of at least 4 members (excludes halogenated alkanes) is 1. The molecular weight excluding hydrogens is 823 g/mol. The van der Waals surface area contributed by atoms with Gasteiger partial charge in [0.15, 0.2) is 5.60 Å². The van der Waals surface area contributed by atoms with Gasteiger partial charge >= 0.3 is 6.03 Å². The van der Waals surface area contributed by atoms with Crippen LogP contribution in [0.15, 0.2) is 60.9 Å². The van der Waals surface area contributed by atoms with Crippen LogP contribution < -0.4 is 30.9 Å². The SMILES string of the molecule is CC(C)(Oc1cccc(N2CCC[C@@H](C(=O)N(CCOCCOCCNC(=O)CCCC[C@@H]3SC[C@@H]4NC(=O)N[C@@H]43)Cc3ccc(-c4cn[nH]c4)cc3)C2)c1)C(=O)N1CCNCC1. The summed E-state index contributed by atoms with van der Waals surface area (Å²) >= 11 is 1.90. The Kier molecular flexibility index (Phi) is 16.6. The molecule has 63 heavy (non-hydrogen) atoms. The maximum Gasteiger partial charge on any atom is 0.315 e. The number of rotatable bonds is 22. The van der Waals surface area contributed by atoms with Gasteiger partial charge in [-0.05, 0) is 62.8 Å². The van der Waals surface area contributed by atoms with Crippen LogP contribution in [0.3, 0.4) is 0 Å². The number of carbonyl (C=O) groups is 4. The summed E-state index contributed by atoms with van der Waals surface area (Å²) in [5.74, 6) is 1.45. The van der Waals surface area contributed by atoms with E-state index in [1.807, 2.05) is 65.9 Å². The van der Waals surface area contributed by atoms with Gasteiger partial charge in [0, 0.05) is 99.8 Å². The number of fused-ring (bicyclic) bond motifs is 1. The molecule has 4 fully saturated rings. The van der Waals surface area contributed by atoms with Gasteiger partial charge in [-0.25, -0.2) is 4.79 Å². The number of H-pyrrole nitrogens is 1. The van der Waals surface area contributed by atoms with E-state index in [1.54, 1.807) is 6.20 Å². The number of piperidine rings is 1. The van der Waals surface area contributed by atoms with Crippen LogP contribution in [0.4, 0.5) is 10.5 Å². The summed E-state index contributed by atoms with van der Waals surface area (Å²) in [6.07, 6.45) is 8.54. The van der Waals surface area contributed by atoms with Gasteiger partial charge < -0.3 is 50.2 Å². The van der Waals surface area contributed by atoms with E-state index in [0.29, 0.717) is 83.1 Å². The van der Waals surface area contributed by atoms with Crippen molar-refractivity contribution in [2.45, 2.75) is 81.9 Å². The first-order valence-electron chi connectivity index (χ1n) is 22.6. The van der Waals surface area contributed by atoms with E-state index < -0.39 is 5.60 Å². The summed E-state index contributed by atoms with van der Waals surface area (Å²) in [7, 11) is 0. The summed E-state index contributed by atoms with van der Waals surface area (Å²) in [6.45, 7) is 10.8. The van der Waals surface area contributed by atoms with Gasteiger partial charge in [-0.2, -0.15) is 16.9 Å². The minimum absolute atomic E-state index is 0.0192. The van der Waals surface area contributed by atoms with Crippen LogP contribution in [0.5, 0.6) is 5.75 Å². The van der Waals surface area contributed by atoms with Crippen molar-refractivity contribution in [1.82, 2.24) is 41.3 Å². The number of ether oxygens (including phenoxy) is 3. The number of carbonyl (C=O) groups excluding carboxylic acids is 4. The lowest BCUT2D eigenvalue weighted by molar-refractivity contribution is -0.146. The van der Waals surface area contributed by atoms with Crippen molar-refractivity contribution in [3.05, 3.63) is 66.5 Å². The fourth-order valence-electron chi connectivity index (χ4n) is 8.82. The van der Waals surface area contributed by atoms with Crippen molar-refractivity contribution < 1.29 is 33.4 Å². The molecule has 17 heteroatoms. The lowest BCUT2D eigenvalue weighted by atomic mass is 9.95. The number of aromatic nitrogens is 2.